The number of methoxy groups -OCH3 is 1. The fourth-order valence-electron chi connectivity index (χ4n) is 2.19. The van der Waals surface area contributed by atoms with E-state index in [9.17, 15) is 0 Å². The van der Waals surface area contributed by atoms with Gasteiger partial charge in [-0.1, -0.05) is 6.07 Å². The molecule has 0 bridgehead atoms. The highest BCUT2D eigenvalue weighted by Gasteiger charge is 2.20. The van der Waals surface area contributed by atoms with Gasteiger partial charge in [0.2, 0.25) is 0 Å². The van der Waals surface area contributed by atoms with Crippen LogP contribution in [0.1, 0.15) is 24.1 Å². The largest absolute Gasteiger partial charge is 0.493 e. The minimum Gasteiger partial charge on any atom is -0.493 e. The van der Waals surface area contributed by atoms with Gasteiger partial charge in [0.25, 0.3) is 0 Å². The predicted octanol–water partition coefficient (Wildman–Crippen LogP) is 2.26. The lowest BCUT2D eigenvalue weighted by molar-refractivity contribution is 0.279. The van der Waals surface area contributed by atoms with Crippen molar-refractivity contribution in [2.75, 3.05) is 7.11 Å². The summed E-state index contributed by atoms with van der Waals surface area (Å²) < 4.78 is 13.0. The molecule has 0 radical (unpaired) electrons. The third kappa shape index (κ3) is 3.76. The molecular formula is C16H21N3O2. The second kappa shape index (κ2) is 6.18. The summed E-state index contributed by atoms with van der Waals surface area (Å²) in [6.07, 6.45) is 4.49. The van der Waals surface area contributed by atoms with Crippen LogP contribution in [-0.2, 0) is 20.2 Å². The van der Waals surface area contributed by atoms with Crippen molar-refractivity contribution >= 4 is 0 Å². The fraction of sp³-hybridized carbons (Fsp3) is 0.438. The van der Waals surface area contributed by atoms with Gasteiger partial charge < -0.3 is 14.8 Å². The van der Waals surface area contributed by atoms with Gasteiger partial charge in [0.15, 0.2) is 11.5 Å². The zero-order valence-corrected chi connectivity index (χ0v) is 12.5. The van der Waals surface area contributed by atoms with Crippen molar-refractivity contribution in [3.63, 3.8) is 0 Å². The summed E-state index contributed by atoms with van der Waals surface area (Å²) in [5.74, 6) is 1.51. The Bertz CT molecular complexity index is 605. The van der Waals surface area contributed by atoms with Crippen LogP contribution in [0.4, 0.5) is 0 Å². The maximum Gasteiger partial charge on any atom is 0.162 e. The molecule has 5 nitrogen and oxygen atoms in total. The normalized spacial score (nSPS) is 14.2. The smallest absolute Gasteiger partial charge is 0.162 e. The third-order valence-corrected chi connectivity index (χ3v) is 3.54. The topological polar surface area (TPSA) is 48.3 Å². The van der Waals surface area contributed by atoms with Gasteiger partial charge in [-0.3, -0.25) is 4.68 Å². The highest BCUT2D eigenvalue weighted by molar-refractivity contribution is 5.43. The molecule has 1 fully saturated rings. The van der Waals surface area contributed by atoms with Crippen LogP contribution in [0.5, 0.6) is 11.5 Å². The van der Waals surface area contributed by atoms with Gasteiger partial charge in [0.1, 0.15) is 6.61 Å². The van der Waals surface area contributed by atoms with E-state index in [0.717, 1.165) is 23.7 Å². The highest BCUT2D eigenvalue weighted by atomic mass is 16.5. The maximum atomic E-state index is 5.86. The molecule has 5 heteroatoms. The van der Waals surface area contributed by atoms with Crippen LogP contribution in [0.3, 0.4) is 0 Å². The Balaban J connectivity index is 1.66. The Morgan fingerprint density at radius 2 is 2.14 bits per heavy atom. The number of rotatable bonds is 7. The number of aromatic nitrogens is 2. The average molecular weight is 287 g/mol. The summed E-state index contributed by atoms with van der Waals surface area (Å²) in [4.78, 5) is 0. The highest BCUT2D eigenvalue weighted by Crippen LogP contribution is 2.29. The van der Waals surface area contributed by atoms with Crippen molar-refractivity contribution in [3.05, 3.63) is 41.7 Å². The number of hydrogen-bond donors (Lipinski definition) is 1. The minimum absolute atomic E-state index is 0.441. The maximum absolute atomic E-state index is 5.86. The summed E-state index contributed by atoms with van der Waals surface area (Å²) >= 11 is 0. The zero-order chi connectivity index (χ0) is 14.7. The fourth-order valence-corrected chi connectivity index (χ4v) is 2.19. The van der Waals surface area contributed by atoms with Crippen molar-refractivity contribution in [3.8, 4) is 11.5 Å². The van der Waals surface area contributed by atoms with E-state index in [1.165, 1.54) is 18.4 Å². The van der Waals surface area contributed by atoms with E-state index in [0.29, 0.717) is 12.6 Å². The molecule has 1 aromatic carbocycles. The lowest BCUT2D eigenvalue weighted by Crippen LogP contribution is -2.15. The van der Waals surface area contributed by atoms with Gasteiger partial charge in [-0.2, -0.15) is 5.10 Å². The first kappa shape index (κ1) is 13.9. The number of hydrogen-bond acceptors (Lipinski definition) is 4. The van der Waals surface area contributed by atoms with Crippen molar-refractivity contribution in [2.24, 2.45) is 7.05 Å². The Labute approximate surface area is 124 Å². The Hall–Kier alpha value is -2.01. The van der Waals surface area contributed by atoms with E-state index >= 15 is 0 Å². The van der Waals surface area contributed by atoms with Crippen LogP contribution in [0.25, 0.3) is 0 Å². The summed E-state index contributed by atoms with van der Waals surface area (Å²) in [6.45, 7) is 1.31. The summed E-state index contributed by atoms with van der Waals surface area (Å²) in [5.41, 5.74) is 2.11. The van der Waals surface area contributed by atoms with Crippen LogP contribution >= 0.6 is 0 Å². The number of aryl methyl sites for hydroxylation is 1. The zero-order valence-electron chi connectivity index (χ0n) is 12.5. The van der Waals surface area contributed by atoms with Crippen LogP contribution in [0.2, 0.25) is 0 Å². The van der Waals surface area contributed by atoms with E-state index in [-0.39, 0.29) is 0 Å². The van der Waals surface area contributed by atoms with Crippen LogP contribution in [-0.4, -0.2) is 22.9 Å². The molecule has 0 spiro atoms. The second-order valence-electron chi connectivity index (χ2n) is 5.41. The standard InChI is InChI=1S/C16H21N3O2/c1-19-8-7-14(18-19)11-21-16-9-12(3-6-15(16)20-2)10-17-13-4-5-13/h3,6-9,13,17H,4-5,10-11H2,1-2H3. The van der Waals surface area contributed by atoms with E-state index < -0.39 is 0 Å². The Morgan fingerprint density at radius 3 is 2.81 bits per heavy atom. The van der Waals surface area contributed by atoms with Crippen LogP contribution < -0.4 is 14.8 Å². The molecule has 1 aliphatic rings. The van der Waals surface area contributed by atoms with Crippen molar-refractivity contribution in [1.29, 1.82) is 0 Å². The SMILES string of the molecule is COc1ccc(CNC2CC2)cc1OCc1ccn(C)n1. The van der Waals surface area contributed by atoms with Gasteiger partial charge >= 0.3 is 0 Å². The molecule has 1 aromatic heterocycles. The number of nitrogens with zero attached hydrogens (tertiary/aromatic N) is 2. The molecule has 3 rings (SSSR count). The molecule has 0 atom stereocenters. The number of benzene rings is 1. The molecule has 0 aliphatic heterocycles. The van der Waals surface area contributed by atoms with Crippen LogP contribution in [0, 0.1) is 0 Å². The van der Waals surface area contributed by atoms with Crippen molar-refractivity contribution in [2.45, 2.75) is 32.0 Å². The Kier molecular flexibility index (Phi) is 4.10. The minimum atomic E-state index is 0.441. The first-order valence-electron chi connectivity index (χ1n) is 7.26. The molecule has 0 unspecified atom stereocenters. The first-order chi connectivity index (χ1) is 10.2. The molecule has 21 heavy (non-hydrogen) atoms. The molecule has 0 amide bonds. The molecule has 1 aliphatic carbocycles. The second-order valence-corrected chi connectivity index (χ2v) is 5.41. The molecule has 1 N–H and O–H groups in total. The molecule has 112 valence electrons. The monoisotopic (exact) mass is 287 g/mol. The summed E-state index contributed by atoms with van der Waals surface area (Å²) in [7, 11) is 3.55. The van der Waals surface area contributed by atoms with E-state index in [4.69, 9.17) is 9.47 Å². The molecule has 1 saturated carbocycles. The molecular weight excluding hydrogens is 266 g/mol. The molecule has 1 heterocycles. The summed E-state index contributed by atoms with van der Waals surface area (Å²) in [6, 6.07) is 8.71. The summed E-state index contributed by atoms with van der Waals surface area (Å²) in [5, 5.41) is 7.81. The predicted molar refractivity (Wildman–Crippen MR) is 80.4 cm³/mol. The van der Waals surface area contributed by atoms with E-state index in [1.54, 1.807) is 11.8 Å². The quantitative estimate of drug-likeness (QED) is 0.848. The van der Waals surface area contributed by atoms with Gasteiger partial charge in [-0.25, -0.2) is 0 Å². The molecule has 0 saturated heterocycles. The van der Waals surface area contributed by atoms with E-state index in [2.05, 4.69) is 16.5 Å². The third-order valence-electron chi connectivity index (χ3n) is 3.54. The molecule has 2 aromatic rings. The van der Waals surface area contributed by atoms with E-state index in [1.807, 2.05) is 31.4 Å². The Morgan fingerprint density at radius 1 is 1.29 bits per heavy atom. The van der Waals surface area contributed by atoms with Gasteiger partial charge in [-0.15, -0.1) is 0 Å². The lowest BCUT2D eigenvalue weighted by atomic mass is 10.2. The first-order valence-corrected chi connectivity index (χ1v) is 7.26. The van der Waals surface area contributed by atoms with Crippen LogP contribution in [0.15, 0.2) is 30.5 Å². The average Bonchev–Trinajstić information content (AvgIpc) is 3.24. The number of ether oxygens (including phenoxy) is 2. The van der Waals surface area contributed by atoms with Gasteiger partial charge in [0.05, 0.1) is 12.8 Å². The van der Waals surface area contributed by atoms with Gasteiger partial charge in [-0.05, 0) is 36.6 Å². The van der Waals surface area contributed by atoms with Gasteiger partial charge in [0, 0.05) is 25.8 Å². The van der Waals surface area contributed by atoms with Crippen molar-refractivity contribution in [1.82, 2.24) is 15.1 Å². The number of nitrogens with one attached hydrogen (secondary N) is 1. The lowest BCUT2D eigenvalue weighted by Gasteiger charge is -2.12. The van der Waals surface area contributed by atoms with Crippen molar-refractivity contribution < 1.29 is 9.47 Å².